The van der Waals surface area contributed by atoms with Crippen LogP contribution in [-0.2, 0) is 0 Å². The molecule has 98 valence electrons. The molecule has 0 fully saturated rings. The predicted molar refractivity (Wildman–Crippen MR) is 68.0 cm³/mol. The van der Waals surface area contributed by atoms with Gasteiger partial charge >= 0.3 is 0 Å². The van der Waals surface area contributed by atoms with Gasteiger partial charge in [0.2, 0.25) is 0 Å². The standard InChI is InChI=1S/C13H18N2O3/c1-9(14)8-15(2)13(16)10-3-4-11-12(7-10)18-6-5-17-11/h3-4,7,9H,5-6,8,14H2,1-2H3. The molecule has 0 spiro atoms. The summed E-state index contributed by atoms with van der Waals surface area (Å²) in [6.07, 6.45) is 0. The van der Waals surface area contributed by atoms with Gasteiger partial charge in [-0.25, -0.2) is 0 Å². The number of likely N-dealkylation sites (N-methyl/N-ethyl adjacent to an activating group) is 1. The van der Waals surface area contributed by atoms with Crippen LogP contribution in [-0.4, -0.2) is 43.7 Å². The summed E-state index contributed by atoms with van der Waals surface area (Å²) in [6.45, 7) is 3.45. The number of fused-ring (bicyclic) bond motifs is 1. The molecule has 1 aliphatic rings. The summed E-state index contributed by atoms with van der Waals surface area (Å²) < 4.78 is 10.9. The van der Waals surface area contributed by atoms with E-state index in [2.05, 4.69) is 0 Å². The Morgan fingerprint density at radius 2 is 2.06 bits per heavy atom. The van der Waals surface area contributed by atoms with Gasteiger partial charge in [-0.3, -0.25) is 4.79 Å². The molecular formula is C13H18N2O3. The van der Waals surface area contributed by atoms with Crippen molar-refractivity contribution in [2.45, 2.75) is 13.0 Å². The van der Waals surface area contributed by atoms with E-state index in [9.17, 15) is 4.79 Å². The fourth-order valence-corrected chi connectivity index (χ4v) is 1.91. The summed E-state index contributed by atoms with van der Waals surface area (Å²) in [4.78, 5) is 13.7. The van der Waals surface area contributed by atoms with Gasteiger partial charge in [0.25, 0.3) is 5.91 Å². The van der Waals surface area contributed by atoms with Crippen LogP contribution in [0.5, 0.6) is 11.5 Å². The summed E-state index contributed by atoms with van der Waals surface area (Å²) in [5, 5.41) is 0. The highest BCUT2D eigenvalue weighted by Gasteiger charge is 2.17. The summed E-state index contributed by atoms with van der Waals surface area (Å²) in [5.74, 6) is 1.25. The Hall–Kier alpha value is -1.75. The molecule has 1 aromatic carbocycles. The third-order valence-electron chi connectivity index (χ3n) is 2.70. The first-order valence-corrected chi connectivity index (χ1v) is 5.98. The number of nitrogens with zero attached hydrogens (tertiary/aromatic N) is 1. The monoisotopic (exact) mass is 250 g/mol. The van der Waals surface area contributed by atoms with E-state index in [1.807, 2.05) is 6.92 Å². The lowest BCUT2D eigenvalue weighted by molar-refractivity contribution is 0.0787. The Morgan fingerprint density at radius 3 is 2.72 bits per heavy atom. The fourth-order valence-electron chi connectivity index (χ4n) is 1.91. The average Bonchev–Trinajstić information content (AvgIpc) is 2.36. The van der Waals surface area contributed by atoms with Crippen LogP contribution in [0.25, 0.3) is 0 Å². The Morgan fingerprint density at radius 1 is 1.39 bits per heavy atom. The van der Waals surface area contributed by atoms with E-state index in [4.69, 9.17) is 15.2 Å². The SMILES string of the molecule is CC(N)CN(C)C(=O)c1ccc2c(c1)OCCO2. The van der Waals surface area contributed by atoms with Crippen molar-refractivity contribution in [2.75, 3.05) is 26.8 Å². The minimum absolute atomic E-state index is 0.0452. The van der Waals surface area contributed by atoms with E-state index in [1.165, 1.54) is 0 Å². The zero-order valence-corrected chi connectivity index (χ0v) is 10.7. The third-order valence-corrected chi connectivity index (χ3v) is 2.70. The summed E-state index contributed by atoms with van der Waals surface area (Å²) in [7, 11) is 1.74. The molecule has 0 bridgehead atoms. The van der Waals surface area contributed by atoms with Gasteiger partial charge in [-0.2, -0.15) is 0 Å². The average molecular weight is 250 g/mol. The molecule has 2 N–H and O–H groups in total. The highest BCUT2D eigenvalue weighted by Crippen LogP contribution is 2.30. The molecule has 1 unspecified atom stereocenters. The highest BCUT2D eigenvalue weighted by atomic mass is 16.6. The number of benzene rings is 1. The fraction of sp³-hybridized carbons (Fsp3) is 0.462. The molecule has 1 heterocycles. The molecule has 0 aliphatic carbocycles. The predicted octanol–water partition coefficient (Wildman–Crippen LogP) is 0.877. The van der Waals surface area contributed by atoms with Crippen molar-refractivity contribution in [3.63, 3.8) is 0 Å². The van der Waals surface area contributed by atoms with Crippen LogP contribution in [0.3, 0.4) is 0 Å². The second-order valence-electron chi connectivity index (χ2n) is 4.52. The molecule has 1 amide bonds. The Balaban J connectivity index is 2.15. The molecule has 0 saturated carbocycles. The second kappa shape index (κ2) is 5.27. The molecule has 1 aromatic rings. The van der Waals surface area contributed by atoms with Crippen LogP contribution in [0, 0.1) is 0 Å². The molecule has 5 nitrogen and oxygen atoms in total. The Labute approximate surface area is 106 Å². The van der Waals surface area contributed by atoms with Crippen LogP contribution in [0.1, 0.15) is 17.3 Å². The molecule has 5 heteroatoms. The van der Waals surface area contributed by atoms with E-state index < -0.39 is 0 Å². The second-order valence-corrected chi connectivity index (χ2v) is 4.52. The maximum atomic E-state index is 12.1. The molecule has 1 aliphatic heterocycles. The third kappa shape index (κ3) is 2.73. The van der Waals surface area contributed by atoms with Crippen LogP contribution in [0.15, 0.2) is 18.2 Å². The minimum atomic E-state index is -0.0655. The maximum Gasteiger partial charge on any atom is 0.253 e. The van der Waals surface area contributed by atoms with Crippen molar-refractivity contribution in [3.8, 4) is 11.5 Å². The number of carbonyl (C=O) groups excluding carboxylic acids is 1. The topological polar surface area (TPSA) is 64.8 Å². The molecule has 18 heavy (non-hydrogen) atoms. The molecule has 0 saturated heterocycles. The number of hydrogen-bond donors (Lipinski definition) is 1. The lowest BCUT2D eigenvalue weighted by atomic mass is 10.1. The Kier molecular flexibility index (Phi) is 3.72. The van der Waals surface area contributed by atoms with Crippen molar-refractivity contribution in [2.24, 2.45) is 5.73 Å². The van der Waals surface area contributed by atoms with Crippen molar-refractivity contribution >= 4 is 5.91 Å². The van der Waals surface area contributed by atoms with Crippen molar-refractivity contribution in [1.82, 2.24) is 4.90 Å². The van der Waals surface area contributed by atoms with Gasteiger partial charge < -0.3 is 20.1 Å². The number of carbonyl (C=O) groups is 1. The van der Waals surface area contributed by atoms with Crippen LogP contribution in [0.2, 0.25) is 0 Å². The van der Waals surface area contributed by atoms with Gasteiger partial charge in [-0.05, 0) is 25.1 Å². The zero-order chi connectivity index (χ0) is 13.1. The smallest absolute Gasteiger partial charge is 0.253 e. The van der Waals surface area contributed by atoms with E-state index >= 15 is 0 Å². The molecule has 2 rings (SSSR count). The summed E-state index contributed by atoms with van der Waals surface area (Å²) in [5.41, 5.74) is 6.27. The first-order chi connectivity index (χ1) is 8.58. The van der Waals surface area contributed by atoms with Crippen molar-refractivity contribution in [3.05, 3.63) is 23.8 Å². The van der Waals surface area contributed by atoms with Gasteiger partial charge in [0.05, 0.1) is 0 Å². The minimum Gasteiger partial charge on any atom is -0.486 e. The summed E-state index contributed by atoms with van der Waals surface area (Å²) in [6, 6.07) is 5.18. The van der Waals surface area contributed by atoms with Gasteiger partial charge in [0, 0.05) is 25.2 Å². The van der Waals surface area contributed by atoms with Gasteiger partial charge in [0.1, 0.15) is 13.2 Å². The summed E-state index contributed by atoms with van der Waals surface area (Å²) >= 11 is 0. The number of rotatable bonds is 3. The number of hydrogen-bond acceptors (Lipinski definition) is 4. The maximum absolute atomic E-state index is 12.1. The molecular weight excluding hydrogens is 232 g/mol. The normalized spacial score (nSPS) is 15.1. The van der Waals surface area contributed by atoms with E-state index in [1.54, 1.807) is 30.1 Å². The number of ether oxygens (including phenoxy) is 2. The number of nitrogens with two attached hydrogens (primary N) is 1. The van der Waals surface area contributed by atoms with Crippen molar-refractivity contribution < 1.29 is 14.3 Å². The zero-order valence-electron chi connectivity index (χ0n) is 10.7. The molecule has 1 atom stereocenters. The number of amides is 1. The van der Waals surface area contributed by atoms with Gasteiger partial charge in [-0.1, -0.05) is 0 Å². The van der Waals surface area contributed by atoms with E-state index in [0.717, 1.165) is 0 Å². The molecule has 0 aromatic heterocycles. The van der Waals surface area contributed by atoms with Crippen LogP contribution < -0.4 is 15.2 Å². The quantitative estimate of drug-likeness (QED) is 0.864. The first-order valence-electron chi connectivity index (χ1n) is 5.98. The lowest BCUT2D eigenvalue weighted by Gasteiger charge is -2.22. The largest absolute Gasteiger partial charge is 0.486 e. The van der Waals surface area contributed by atoms with Gasteiger partial charge in [0.15, 0.2) is 11.5 Å². The van der Waals surface area contributed by atoms with Gasteiger partial charge in [-0.15, -0.1) is 0 Å². The van der Waals surface area contributed by atoms with E-state index in [-0.39, 0.29) is 11.9 Å². The highest BCUT2D eigenvalue weighted by molar-refractivity contribution is 5.94. The lowest BCUT2D eigenvalue weighted by Crippen LogP contribution is -2.37. The Bertz CT molecular complexity index is 446. The first kappa shape index (κ1) is 12.7. The van der Waals surface area contributed by atoms with Crippen LogP contribution in [0.4, 0.5) is 0 Å². The van der Waals surface area contributed by atoms with Crippen molar-refractivity contribution in [1.29, 1.82) is 0 Å². The van der Waals surface area contributed by atoms with Crippen LogP contribution >= 0.6 is 0 Å². The molecule has 0 radical (unpaired) electrons. The van der Waals surface area contributed by atoms with E-state index in [0.29, 0.717) is 36.8 Å².